The molecule has 1 aromatic heterocycles. The van der Waals surface area contributed by atoms with Gasteiger partial charge in [0.15, 0.2) is 5.58 Å². The first kappa shape index (κ1) is 18.9. The van der Waals surface area contributed by atoms with Crippen LogP contribution in [0.5, 0.6) is 0 Å². The van der Waals surface area contributed by atoms with E-state index < -0.39 is 10.7 Å². The number of fused-ring (bicyclic) bond motifs is 2. The number of aryl methyl sites for hydroxylation is 2. The second kappa shape index (κ2) is 7.90. The van der Waals surface area contributed by atoms with Crippen LogP contribution in [0.1, 0.15) is 42.9 Å². The molecule has 0 fully saturated rings. The standard InChI is InChI=1S/C21H21N3O5/c25-20(22-17-8-3-6-14-5-1-2-7-16(14)17)9-4-12-23-18-11-10-15(24(27)28)13-19(18)29-21(23)26/h1-2,5,7,10-11,13,17H,3-4,6,8-9,12H2,(H,22,25)/t17-/m1/s1. The number of amides is 1. The number of oxazole rings is 1. The molecule has 0 spiro atoms. The van der Waals surface area contributed by atoms with Gasteiger partial charge in [0.05, 0.1) is 22.5 Å². The van der Waals surface area contributed by atoms with Crippen molar-refractivity contribution in [3.63, 3.8) is 0 Å². The van der Waals surface area contributed by atoms with E-state index in [2.05, 4.69) is 17.4 Å². The van der Waals surface area contributed by atoms with E-state index in [1.165, 1.54) is 33.9 Å². The third-order valence-corrected chi connectivity index (χ3v) is 5.35. The number of nitro benzene ring substituents is 1. The Labute approximate surface area is 166 Å². The van der Waals surface area contributed by atoms with Gasteiger partial charge in [-0.1, -0.05) is 24.3 Å². The molecule has 8 nitrogen and oxygen atoms in total. The highest BCUT2D eigenvalue weighted by molar-refractivity contribution is 5.77. The summed E-state index contributed by atoms with van der Waals surface area (Å²) in [4.78, 5) is 34.8. The minimum atomic E-state index is -0.581. The molecule has 2 aromatic carbocycles. The summed E-state index contributed by atoms with van der Waals surface area (Å²) in [5, 5.41) is 14.0. The van der Waals surface area contributed by atoms with E-state index in [9.17, 15) is 19.7 Å². The quantitative estimate of drug-likeness (QED) is 0.508. The molecule has 0 radical (unpaired) electrons. The van der Waals surface area contributed by atoms with Crippen LogP contribution in [0.2, 0.25) is 0 Å². The number of nitro groups is 1. The van der Waals surface area contributed by atoms with Gasteiger partial charge in [-0.05, 0) is 42.9 Å². The Morgan fingerprint density at radius 1 is 1.28 bits per heavy atom. The molecule has 1 aliphatic carbocycles. The molecule has 0 saturated carbocycles. The lowest BCUT2D eigenvalue weighted by atomic mass is 9.87. The molecule has 1 N–H and O–H groups in total. The van der Waals surface area contributed by atoms with E-state index in [4.69, 9.17) is 4.42 Å². The minimum Gasteiger partial charge on any atom is -0.407 e. The van der Waals surface area contributed by atoms with Gasteiger partial charge in [0, 0.05) is 19.0 Å². The maximum absolute atomic E-state index is 12.4. The molecule has 0 aliphatic heterocycles. The number of nitrogens with one attached hydrogen (secondary N) is 1. The monoisotopic (exact) mass is 395 g/mol. The van der Waals surface area contributed by atoms with Gasteiger partial charge in [-0.15, -0.1) is 0 Å². The van der Waals surface area contributed by atoms with Crippen molar-refractivity contribution in [2.75, 3.05) is 0 Å². The second-order valence-corrected chi connectivity index (χ2v) is 7.24. The average Bonchev–Trinajstić information content (AvgIpc) is 3.03. The zero-order valence-electron chi connectivity index (χ0n) is 15.8. The molecule has 4 rings (SSSR count). The fraction of sp³-hybridized carbons (Fsp3) is 0.333. The number of carbonyl (C=O) groups is 1. The predicted octanol–water partition coefficient (Wildman–Crippen LogP) is 3.48. The van der Waals surface area contributed by atoms with E-state index in [1.807, 2.05) is 12.1 Å². The molecule has 150 valence electrons. The van der Waals surface area contributed by atoms with Crippen molar-refractivity contribution in [3.05, 3.63) is 74.3 Å². The Morgan fingerprint density at radius 2 is 2.10 bits per heavy atom. The van der Waals surface area contributed by atoms with Gasteiger partial charge in [0.1, 0.15) is 0 Å². The first-order valence-electron chi connectivity index (χ1n) is 9.68. The molecule has 3 aromatic rings. The number of aromatic nitrogens is 1. The zero-order valence-corrected chi connectivity index (χ0v) is 15.8. The van der Waals surface area contributed by atoms with E-state index in [0.29, 0.717) is 18.5 Å². The molecular weight excluding hydrogens is 374 g/mol. The highest BCUT2D eigenvalue weighted by atomic mass is 16.6. The van der Waals surface area contributed by atoms with Gasteiger partial charge >= 0.3 is 5.76 Å². The van der Waals surface area contributed by atoms with Crippen molar-refractivity contribution in [2.45, 2.75) is 44.7 Å². The maximum atomic E-state index is 12.4. The Bertz CT molecular complexity index is 1130. The van der Waals surface area contributed by atoms with E-state index in [0.717, 1.165) is 19.3 Å². The number of non-ortho nitro benzene ring substituents is 1. The minimum absolute atomic E-state index is 0.0328. The molecule has 1 amide bonds. The van der Waals surface area contributed by atoms with Crippen LogP contribution in [0.25, 0.3) is 11.1 Å². The summed E-state index contributed by atoms with van der Waals surface area (Å²) >= 11 is 0. The molecule has 0 bridgehead atoms. The van der Waals surface area contributed by atoms with Crippen LogP contribution in [-0.2, 0) is 17.8 Å². The fourth-order valence-corrected chi connectivity index (χ4v) is 3.95. The number of hydrogen-bond acceptors (Lipinski definition) is 5. The van der Waals surface area contributed by atoms with Crippen molar-refractivity contribution in [1.82, 2.24) is 9.88 Å². The van der Waals surface area contributed by atoms with Crippen molar-refractivity contribution < 1.29 is 14.1 Å². The lowest BCUT2D eigenvalue weighted by molar-refractivity contribution is -0.384. The average molecular weight is 395 g/mol. The van der Waals surface area contributed by atoms with Gasteiger partial charge in [-0.25, -0.2) is 4.79 Å². The lowest BCUT2D eigenvalue weighted by Crippen LogP contribution is -2.31. The van der Waals surface area contributed by atoms with Crippen LogP contribution >= 0.6 is 0 Å². The summed E-state index contributed by atoms with van der Waals surface area (Å²) in [6.45, 7) is 0.304. The van der Waals surface area contributed by atoms with E-state index in [1.54, 1.807) is 0 Å². The van der Waals surface area contributed by atoms with Crippen molar-refractivity contribution in [1.29, 1.82) is 0 Å². The van der Waals surface area contributed by atoms with Gasteiger partial charge in [-0.2, -0.15) is 0 Å². The molecule has 29 heavy (non-hydrogen) atoms. The molecule has 8 heteroatoms. The third kappa shape index (κ3) is 3.91. The Hall–Kier alpha value is -3.42. The van der Waals surface area contributed by atoms with Crippen LogP contribution in [0.15, 0.2) is 51.7 Å². The largest absolute Gasteiger partial charge is 0.419 e. The van der Waals surface area contributed by atoms with Gasteiger partial charge in [0.25, 0.3) is 5.69 Å². The van der Waals surface area contributed by atoms with Crippen molar-refractivity contribution in [3.8, 4) is 0 Å². The molecular formula is C21H21N3O5. The van der Waals surface area contributed by atoms with Crippen molar-refractivity contribution in [2.24, 2.45) is 0 Å². The zero-order chi connectivity index (χ0) is 20.4. The smallest absolute Gasteiger partial charge is 0.407 e. The predicted molar refractivity (Wildman–Crippen MR) is 107 cm³/mol. The summed E-state index contributed by atoms with van der Waals surface area (Å²) in [6, 6.07) is 12.3. The van der Waals surface area contributed by atoms with Crippen LogP contribution in [-0.4, -0.2) is 15.4 Å². The topological polar surface area (TPSA) is 107 Å². The first-order chi connectivity index (χ1) is 14.0. The highest BCUT2D eigenvalue weighted by Gasteiger charge is 2.21. The summed E-state index contributed by atoms with van der Waals surface area (Å²) < 4.78 is 6.52. The maximum Gasteiger partial charge on any atom is 0.419 e. The van der Waals surface area contributed by atoms with Crippen LogP contribution < -0.4 is 11.1 Å². The first-order valence-corrected chi connectivity index (χ1v) is 9.68. The normalized spacial score (nSPS) is 15.8. The number of benzene rings is 2. The molecule has 0 saturated heterocycles. The molecule has 1 heterocycles. The van der Waals surface area contributed by atoms with E-state index in [-0.39, 0.29) is 29.6 Å². The summed E-state index contributed by atoms with van der Waals surface area (Å²) in [6.07, 6.45) is 3.76. The SMILES string of the molecule is O=C(CCCn1c(=O)oc2cc([N+](=O)[O-])ccc21)N[C@@H]1CCCc2ccccc21. The van der Waals surface area contributed by atoms with Gasteiger partial charge in [0.2, 0.25) is 5.91 Å². The molecule has 1 aliphatic rings. The summed E-state index contributed by atoms with van der Waals surface area (Å²) in [7, 11) is 0. The number of nitrogens with zero attached hydrogens (tertiary/aromatic N) is 2. The van der Waals surface area contributed by atoms with Gasteiger partial charge in [-0.3, -0.25) is 19.5 Å². The van der Waals surface area contributed by atoms with Crippen LogP contribution in [0.3, 0.4) is 0 Å². The fourth-order valence-electron chi connectivity index (χ4n) is 3.95. The number of carbonyl (C=O) groups excluding carboxylic acids is 1. The van der Waals surface area contributed by atoms with Crippen LogP contribution in [0, 0.1) is 10.1 Å². The van der Waals surface area contributed by atoms with Crippen molar-refractivity contribution >= 4 is 22.7 Å². The van der Waals surface area contributed by atoms with Gasteiger partial charge < -0.3 is 9.73 Å². The molecule has 1 atom stereocenters. The van der Waals surface area contributed by atoms with E-state index >= 15 is 0 Å². The number of hydrogen-bond donors (Lipinski definition) is 1. The lowest BCUT2D eigenvalue weighted by Gasteiger charge is -2.26. The summed E-state index contributed by atoms with van der Waals surface area (Å²) in [5.41, 5.74) is 3.00. The Kier molecular flexibility index (Phi) is 5.16. The third-order valence-electron chi connectivity index (χ3n) is 5.35. The Morgan fingerprint density at radius 3 is 2.93 bits per heavy atom. The number of rotatable bonds is 6. The Balaban J connectivity index is 1.38. The van der Waals surface area contributed by atoms with Crippen LogP contribution in [0.4, 0.5) is 5.69 Å². The summed E-state index contributed by atoms with van der Waals surface area (Å²) in [5.74, 6) is -0.634. The second-order valence-electron chi connectivity index (χ2n) is 7.24. The molecule has 0 unspecified atom stereocenters. The highest BCUT2D eigenvalue weighted by Crippen LogP contribution is 2.29.